The van der Waals surface area contributed by atoms with Crippen LogP contribution >= 0.6 is 11.8 Å². The van der Waals surface area contributed by atoms with Crippen LogP contribution in [0.1, 0.15) is 6.42 Å². The summed E-state index contributed by atoms with van der Waals surface area (Å²) in [7, 11) is 0. The highest BCUT2D eigenvalue weighted by Crippen LogP contribution is 1.92. The van der Waals surface area contributed by atoms with Gasteiger partial charge in [0, 0.05) is 0 Å². The lowest BCUT2D eigenvalue weighted by Crippen LogP contribution is -2.15. The molecule has 0 aliphatic rings. The molecule has 0 aromatic rings. The van der Waals surface area contributed by atoms with E-state index in [4.69, 9.17) is 5.26 Å². The Kier molecular flexibility index (Phi) is 7.63. The van der Waals surface area contributed by atoms with Gasteiger partial charge in [0.05, 0.1) is 12.6 Å². The normalized spacial score (nSPS) is 8.89. The lowest BCUT2D eigenvalue weighted by molar-refractivity contribution is 0.738. The van der Waals surface area contributed by atoms with Crippen LogP contribution in [0.25, 0.3) is 0 Å². The number of rotatable bonds is 5. The molecule has 0 aliphatic heterocycles. The van der Waals surface area contributed by atoms with Gasteiger partial charge in [0.1, 0.15) is 0 Å². The van der Waals surface area contributed by atoms with Gasteiger partial charge in [0.15, 0.2) is 0 Å². The first-order chi connectivity index (χ1) is 4.41. The first-order valence-corrected chi connectivity index (χ1v) is 4.38. The minimum atomic E-state index is 0.481. The zero-order valence-electron chi connectivity index (χ0n) is 5.68. The lowest BCUT2D eigenvalue weighted by atomic mass is 10.5. The lowest BCUT2D eigenvalue weighted by Gasteiger charge is -1.96. The monoisotopic (exact) mass is 144 g/mol. The average molecular weight is 144 g/mol. The third-order valence-corrected chi connectivity index (χ3v) is 1.60. The van der Waals surface area contributed by atoms with Crippen molar-refractivity contribution in [3.05, 3.63) is 0 Å². The van der Waals surface area contributed by atoms with Gasteiger partial charge in [-0.25, -0.2) is 0 Å². The topological polar surface area (TPSA) is 35.8 Å². The molecule has 0 aromatic carbocycles. The first kappa shape index (κ1) is 8.80. The van der Waals surface area contributed by atoms with E-state index >= 15 is 0 Å². The highest BCUT2D eigenvalue weighted by Gasteiger charge is 1.83. The fourth-order valence-electron chi connectivity index (χ4n) is 0.486. The quantitative estimate of drug-likeness (QED) is 0.459. The maximum atomic E-state index is 8.11. The van der Waals surface area contributed by atoms with Crippen molar-refractivity contribution in [1.82, 2.24) is 5.32 Å². The third kappa shape index (κ3) is 7.80. The van der Waals surface area contributed by atoms with Crippen LogP contribution < -0.4 is 5.32 Å². The summed E-state index contributed by atoms with van der Waals surface area (Å²) in [5.41, 5.74) is 0. The zero-order chi connectivity index (χ0) is 6.95. The Bertz CT molecular complexity index is 87.5. The number of nitrogens with one attached hydrogen (secondary N) is 1. The van der Waals surface area contributed by atoms with Crippen LogP contribution in [0.5, 0.6) is 0 Å². The van der Waals surface area contributed by atoms with Crippen molar-refractivity contribution in [3.63, 3.8) is 0 Å². The van der Waals surface area contributed by atoms with Crippen molar-refractivity contribution in [2.45, 2.75) is 6.42 Å². The zero-order valence-corrected chi connectivity index (χ0v) is 6.50. The molecule has 52 valence electrons. The largest absolute Gasteiger partial charge is 0.304 e. The van der Waals surface area contributed by atoms with Crippen molar-refractivity contribution < 1.29 is 0 Å². The molecule has 3 heteroatoms. The second kappa shape index (κ2) is 7.80. The van der Waals surface area contributed by atoms with Crippen LogP contribution in [0.2, 0.25) is 0 Å². The van der Waals surface area contributed by atoms with E-state index in [-0.39, 0.29) is 0 Å². The molecule has 0 saturated heterocycles. The molecule has 0 aliphatic carbocycles. The Labute approximate surface area is 60.6 Å². The molecule has 0 unspecified atom stereocenters. The number of nitriles is 1. The van der Waals surface area contributed by atoms with Crippen LogP contribution in [0.15, 0.2) is 0 Å². The van der Waals surface area contributed by atoms with Crippen LogP contribution in [0, 0.1) is 11.3 Å². The number of hydrogen-bond donors (Lipinski definition) is 1. The van der Waals surface area contributed by atoms with E-state index in [1.807, 2.05) is 17.8 Å². The molecule has 2 nitrogen and oxygen atoms in total. The summed E-state index contributed by atoms with van der Waals surface area (Å²) in [4.78, 5) is 0. The SMILES string of the molecule is CSCCCNCC#N. The molecular formula is C6H12N2S. The maximum absolute atomic E-state index is 8.11. The first-order valence-electron chi connectivity index (χ1n) is 2.98. The molecule has 0 saturated carbocycles. The smallest absolute Gasteiger partial charge is 0.0840 e. The molecule has 0 atom stereocenters. The molecule has 0 spiro atoms. The van der Waals surface area contributed by atoms with Crippen molar-refractivity contribution >= 4 is 11.8 Å². The van der Waals surface area contributed by atoms with Gasteiger partial charge in [-0.05, 0) is 25.0 Å². The Balaban J connectivity index is 2.69. The maximum Gasteiger partial charge on any atom is 0.0840 e. The van der Waals surface area contributed by atoms with Gasteiger partial charge in [-0.15, -0.1) is 0 Å². The summed E-state index contributed by atoms with van der Waals surface area (Å²) >= 11 is 1.84. The second-order valence-corrected chi connectivity index (χ2v) is 2.67. The van der Waals surface area contributed by atoms with E-state index in [1.54, 1.807) is 0 Å². The van der Waals surface area contributed by atoms with Gasteiger partial charge in [-0.1, -0.05) is 0 Å². The predicted molar refractivity (Wildman–Crippen MR) is 41.5 cm³/mol. The Hall–Kier alpha value is -0.200. The molecule has 0 amide bonds. The summed E-state index contributed by atoms with van der Waals surface area (Å²) in [6.07, 6.45) is 3.24. The minimum Gasteiger partial charge on any atom is -0.304 e. The Morgan fingerprint density at radius 2 is 2.44 bits per heavy atom. The fraction of sp³-hybridized carbons (Fsp3) is 0.833. The molecule has 0 aromatic heterocycles. The second-order valence-electron chi connectivity index (χ2n) is 1.68. The molecule has 1 N–H and O–H groups in total. The molecule has 0 radical (unpaired) electrons. The summed E-state index contributed by atoms with van der Waals surface area (Å²) in [6, 6.07) is 2.03. The van der Waals surface area contributed by atoms with Crippen molar-refractivity contribution in [3.8, 4) is 6.07 Å². The van der Waals surface area contributed by atoms with Crippen LogP contribution in [0.4, 0.5) is 0 Å². The van der Waals surface area contributed by atoms with E-state index in [0.29, 0.717) is 6.54 Å². The molecule has 9 heavy (non-hydrogen) atoms. The summed E-state index contributed by atoms with van der Waals surface area (Å²) in [5.74, 6) is 1.18. The van der Waals surface area contributed by atoms with Crippen molar-refractivity contribution in [2.75, 3.05) is 25.1 Å². The molecule has 0 fully saturated rings. The summed E-state index contributed by atoms with van der Waals surface area (Å²) in [5, 5.41) is 11.1. The Morgan fingerprint density at radius 3 is 3.00 bits per heavy atom. The van der Waals surface area contributed by atoms with Gasteiger partial charge in [0.2, 0.25) is 0 Å². The average Bonchev–Trinajstić information content (AvgIpc) is 1.89. The standard InChI is InChI=1S/C6H12N2S/c1-9-6-2-4-8-5-3-7/h8H,2,4-6H2,1H3. The van der Waals surface area contributed by atoms with E-state index in [0.717, 1.165) is 13.0 Å². The number of thioether (sulfide) groups is 1. The highest BCUT2D eigenvalue weighted by molar-refractivity contribution is 7.98. The van der Waals surface area contributed by atoms with Gasteiger partial charge in [0.25, 0.3) is 0 Å². The number of hydrogen-bond acceptors (Lipinski definition) is 3. The van der Waals surface area contributed by atoms with Gasteiger partial charge in [-0.2, -0.15) is 17.0 Å². The third-order valence-electron chi connectivity index (χ3n) is 0.906. The van der Waals surface area contributed by atoms with E-state index in [1.165, 1.54) is 5.75 Å². The van der Waals surface area contributed by atoms with Gasteiger partial charge >= 0.3 is 0 Å². The van der Waals surface area contributed by atoms with E-state index in [9.17, 15) is 0 Å². The van der Waals surface area contributed by atoms with Gasteiger partial charge in [-0.3, -0.25) is 0 Å². The van der Waals surface area contributed by atoms with Crippen LogP contribution in [0.3, 0.4) is 0 Å². The van der Waals surface area contributed by atoms with Crippen molar-refractivity contribution in [1.29, 1.82) is 5.26 Å². The van der Waals surface area contributed by atoms with E-state index in [2.05, 4.69) is 11.6 Å². The van der Waals surface area contributed by atoms with E-state index < -0.39 is 0 Å². The highest BCUT2D eigenvalue weighted by atomic mass is 32.2. The molecule has 0 heterocycles. The molecule has 0 rings (SSSR count). The minimum absolute atomic E-state index is 0.481. The molecule has 0 bridgehead atoms. The Morgan fingerprint density at radius 1 is 1.67 bits per heavy atom. The number of nitrogens with zero attached hydrogens (tertiary/aromatic N) is 1. The summed E-state index contributed by atoms with van der Waals surface area (Å²) < 4.78 is 0. The summed E-state index contributed by atoms with van der Waals surface area (Å²) in [6.45, 7) is 1.45. The predicted octanol–water partition coefficient (Wildman–Crippen LogP) is 0.853. The van der Waals surface area contributed by atoms with Crippen molar-refractivity contribution in [2.24, 2.45) is 0 Å². The van der Waals surface area contributed by atoms with Crippen LogP contribution in [-0.2, 0) is 0 Å². The fourth-order valence-corrected chi connectivity index (χ4v) is 0.919. The van der Waals surface area contributed by atoms with Crippen LogP contribution in [-0.4, -0.2) is 25.1 Å². The van der Waals surface area contributed by atoms with Gasteiger partial charge < -0.3 is 5.32 Å². The molecular weight excluding hydrogens is 132 g/mol.